The number of amides is 2. The second-order valence-corrected chi connectivity index (χ2v) is 6.16. The molecule has 112 valence electrons. The average Bonchev–Trinajstić information content (AvgIpc) is 2.97. The Labute approximate surface area is 129 Å². The first-order valence-electron chi connectivity index (χ1n) is 7.48. The number of nitrogens with one attached hydrogen (secondary N) is 1. The lowest BCUT2D eigenvalue weighted by atomic mass is 9.96. The van der Waals surface area contributed by atoms with Crippen molar-refractivity contribution in [1.82, 2.24) is 10.2 Å². The highest BCUT2D eigenvalue weighted by Crippen LogP contribution is 2.37. The largest absolute Gasteiger partial charge is 0.355 e. The zero-order valence-electron chi connectivity index (χ0n) is 11.8. The number of piperidine rings is 1. The van der Waals surface area contributed by atoms with Gasteiger partial charge in [-0.2, -0.15) is 0 Å². The summed E-state index contributed by atoms with van der Waals surface area (Å²) in [6, 6.07) is 7.82. The van der Waals surface area contributed by atoms with Crippen LogP contribution in [0.15, 0.2) is 24.3 Å². The highest BCUT2D eigenvalue weighted by Gasteiger charge is 2.35. The van der Waals surface area contributed by atoms with Crippen LogP contribution in [-0.4, -0.2) is 29.8 Å². The zero-order valence-corrected chi connectivity index (χ0v) is 12.6. The van der Waals surface area contributed by atoms with Gasteiger partial charge in [-0.1, -0.05) is 29.8 Å². The van der Waals surface area contributed by atoms with Crippen LogP contribution in [0.5, 0.6) is 0 Å². The van der Waals surface area contributed by atoms with Gasteiger partial charge in [0.05, 0.1) is 12.0 Å². The molecule has 0 radical (unpaired) electrons. The molecule has 0 bridgehead atoms. The fraction of sp³-hybridized carbons (Fsp3) is 0.500. The minimum atomic E-state index is -0.0919. The number of hydrogen-bond acceptors (Lipinski definition) is 2. The van der Waals surface area contributed by atoms with Crippen molar-refractivity contribution in [2.75, 3.05) is 13.1 Å². The molecular weight excluding hydrogens is 288 g/mol. The Hall–Kier alpha value is -1.55. The van der Waals surface area contributed by atoms with E-state index in [9.17, 15) is 9.59 Å². The van der Waals surface area contributed by atoms with Crippen molar-refractivity contribution in [3.63, 3.8) is 0 Å². The number of rotatable bonds is 2. The number of carbonyl (C=O) groups is 2. The summed E-state index contributed by atoms with van der Waals surface area (Å²) in [6.07, 6.45) is 3.05. The first kappa shape index (κ1) is 14.4. The fourth-order valence-electron chi connectivity index (χ4n) is 3.28. The molecule has 1 aromatic rings. The minimum Gasteiger partial charge on any atom is -0.355 e. The Morgan fingerprint density at radius 1 is 1.29 bits per heavy atom. The Kier molecular flexibility index (Phi) is 4.15. The van der Waals surface area contributed by atoms with Crippen LogP contribution in [0.25, 0.3) is 0 Å². The summed E-state index contributed by atoms with van der Waals surface area (Å²) >= 11 is 6.28. The van der Waals surface area contributed by atoms with Crippen molar-refractivity contribution in [2.24, 2.45) is 5.92 Å². The van der Waals surface area contributed by atoms with Crippen LogP contribution in [0.1, 0.15) is 37.3 Å². The molecule has 1 aromatic carbocycles. The van der Waals surface area contributed by atoms with Crippen LogP contribution in [0.2, 0.25) is 5.02 Å². The average molecular weight is 307 g/mol. The molecule has 2 fully saturated rings. The molecule has 4 nitrogen and oxygen atoms in total. The number of likely N-dealkylation sites (tertiary alicyclic amines) is 1. The van der Waals surface area contributed by atoms with E-state index in [1.54, 1.807) is 0 Å². The highest BCUT2D eigenvalue weighted by molar-refractivity contribution is 6.31. The van der Waals surface area contributed by atoms with E-state index in [1.807, 2.05) is 29.2 Å². The van der Waals surface area contributed by atoms with E-state index in [2.05, 4.69) is 5.32 Å². The molecule has 0 spiro atoms. The van der Waals surface area contributed by atoms with Gasteiger partial charge in [0.15, 0.2) is 0 Å². The minimum absolute atomic E-state index is 0.0446. The number of benzene rings is 1. The molecule has 3 rings (SSSR count). The molecule has 1 N–H and O–H groups in total. The van der Waals surface area contributed by atoms with Crippen LogP contribution in [0, 0.1) is 5.92 Å². The highest BCUT2D eigenvalue weighted by atomic mass is 35.5. The summed E-state index contributed by atoms with van der Waals surface area (Å²) in [6.45, 7) is 1.24. The molecule has 2 amide bonds. The van der Waals surface area contributed by atoms with E-state index in [1.165, 1.54) is 0 Å². The second-order valence-electron chi connectivity index (χ2n) is 5.75. The van der Waals surface area contributed by atoms with Crippen molar-refractivity contribution in [3.05, 3.63) is 34.9 Å². The monoisotopic (exact) mass is 306 g/mol. The summed E-state index contributed by atoms with van der Waals surface area (Å²) in [5.74, 6) is 0.103. The number of carbonyl (C=O) groups excluding carboxylic acids is 2. The molecule has 2 unspecified atom stereocenters. The quantitative estimate of drug-likeness (QED) is 0.913. The molecule has 0 aliphatic carbocycles. The maximum Gasteiger partial charge on any atom is 0.227 e. The van der Waals surface area contributed by atoms with Crippen molar-refractivity contribution < 1.29 is 9.59 Å². The maximum absolute atomic E-state index is 12.7. The lowest BCUT2D eigenvalue weighted by Crippen LogP contribution is -2.44. The van der Waals surface area contributed by atoms with Crippen LogP contribution >= 0.6 is 11.6 Å². The van der Waals surface area contributed by atoms with Gasteiger partial charge in [0.1, 0.15) is 0 Å². The van der Waals surface area contributed by atoms with Gasteiger partial charge in [0.25, 0.3) is 0 Å². The summed E-state index contributed by atoms with van der Waals surface area (Å²) in [4.78, 5) is 25.9. The second kappa shape index (κ2) is 6.06. The van der Waals surface area contributed by atoms with E-state index in [-0.39, 0.29) is 23.8 Å². The molecule has 21 heavy (non-hydrogen) atoms. The smallest absolute Gasteiger partial charge is 0.227 e. The van der Waals surface area contributed by atoms with E-state index in [4.69, 9.17) is 11.6 Å². The molecule has 2 aliphatic heterocycles. The number of hydrogen-bond donors (Lipinski definition) is 1. The van der Waals surface area contributed by atoms with Crippen LogP contribution in [-0.2, 0) is 9.59 Å². The lowest BCUT2D eigenvalue weighted by molar-refractivity contribution is -0.138. The molecule has 2 atom stereocenters. The molecule has 5 heteroatoms. The van der Waals surface area contributed by atoms with Gasteiger partial charge in [-0.15, -0.1) is 0 Å². The number of halogens is 1. The van der Waals surface area contributed by atoms with Crippen molar-refractivity contribution in [1.29, 1.82) is 0 Å². The molecule has 0 saturated carbocycles. The summed E-state index contributed by atoms with van der Waals surface area (Å²) in [5, 5.41) is 3.51. The van der Waals surface area contributed by atoms with Gasteiger partial charge in [0.2, 0.25) is 11.8 Å². The third-order valence-electron chi connectivity index (χ3n) is 4.41. The predicted molar refractivity (Wildman–Crippen MR) is 80.9 cm³/mol. The Morgan fingerprint density at radius 2 is 2.10 bits per heavy atom. The van der Waals surface area contributed by atoms with Gasteiger partial charge in [0, 0.05) is 24.5 Å². The van der Waals surface area contributed by atoms with Crippen LogP contribution in [0.4, 0.5) is 0 Å². The normalized spacial score (nSPS) is 25.8. The third kappa shape index (κ3) is 2.91. The first-order valence-corrected chi connectivity index (χ1v) is 7.86. The summed E-state index contributed by atoms with van der Waals surface area (Å²) in [5.41, 5.74) is 1.03. The molecular formula is C16H19ClN2O2. The first-order chi connectivity index (χ1) is 10.2. The van der Waals surface area contributed by atoms with Gasteiger partial charge in [-0.3, -0.25) is 9.59 Å². The van der Waals surface area contributed by atoms with E-state index in [0.29, 0.717) is 19.4 Å². The Morgan fingerprint density at radius 3 is 2.81 bits per heavy atom. The number of nitrogens with zero attached hydrogens (tertiary/aromatic N) is 1. The topological polar surface area (TPSA) is 49.4 Å². The van der Waals surface area contributed by atoms with Gasteiger partial charge in [-0.25, -0.2) is 0 Å². The van der Waals surface area contributed by atoms with Gasteiger partial charge >= 0.3 is 0 Å². The Bertz CT molecular complexity index is 551. The summed E-state index contributed by atoms with van der Waals surface area (Å²) < 4.78 is 0. The third-order valence-corrected chi connectivity index (χ3v) is 4.76. The summed E-state index contributed by atoms with van der Waals surface area (Å²) in [7, 11) is 0. The lowest BCUT2D eigenvalue weighted by Gasteiger charge is -2.31. The van der Waals surface area contributed by atoms with Gasteiger partial charge in [-0.05, 0) is 30.9 Å². The molecule has 2 aliphatic rings. The Balaban J connectivity index is 1.76. The van der Waals surface area contributed by atoms with E-state index < -0.39 is 0 Å². The van der Waals surface area contributed by atoms with Crippen molar-refractivity contribution in [2.45, 2.75) is 31.7 Å². The fourth-order valence-corrected chi connectivity index (χ4v) is 3.54. The molecule has 2 heterocycles. The van der Waals surface area contributed by atoms with Crippen molar-refractivity contribution >= 4 is 23.4 Å². The van der Waals surface area contributed by atoms with Crippen LogP contribution < -0.4 is 5.32 Å². The SMILES string of the molecule is O=C1CCC(C(=O)N2CCCC2c2ccccc2Cl)CN1. The van der Waals surface area contributed by atoms with Crippen LogP contribution in [0.3, 0.4) is 0 Å². The zero-order chi connectivity index (χ0) is 14.8. The van der Waals surface area contributed by atoms with E-state index in [0.717, 1.165) is 30.0 Å². The standard InChI is InChI=1S/C16H19ClN2O2/c17-13-5-2-1-4-12(13)14-6-3-9-19(14)16(21)11-7-8-15(20)18-10-11/h1-2,4-5,11,14H,3,6-10H2,(H,18,20). The predicted octanol–water partition coefficient (Wildman–Crippen LogP) is 2.53. The maximum atomic E-state index is 12.7. The van der Waals surface area contributed by atoms with Gasteiger partial charge < -0.3 is 10.2 Å². The van der Waals surface area contributed by atoms with E-state index >= 15 is 0 Å². The molecule has 2 saturated heterocycles. The van der Waals surface area contributed by atoms with Crippen molar-refractivity contribution in [3.8, 4) is 0 Å². The molecule has 0 aromatic heterocycles.